The van der Waals surface area contributed by atoms with Gasteiger partial charge in [0.15, 0.2) is 0 Å². The smallest absolute Gasteiger partial charge is 0.257 e. The SMILES string of the molecule is Cc1nn(-c2ccc(F)cc2)c(C)c1C(=O)N1CCN(C2CCCC2)CC1. The van der Waals surface area contributed by atoms with Gasteiger partial charge in [-0.15, -0.1) is 0 Å². The number of amides is 1. The molecule has 1 aliphatic heterocycles. The van der Waals surface area contributed by atoms with Crippen LogP contribution in [0.15, 0.2) is 24.3 Å². The van der Waals surface area contributed by atoms with Gasteiger partial charge in [-0.05, 0) is 51.0 Å². The van der Waals surface area contributed by atoms with Gasteiger partial charge in [-0.2, -0.15) is 5.10 Å². The third-order valence-corrected chi connectivity index (χ3v) is 6.02. The van der Waals surface area contributed by atoms with Crippen molar-refractivity contribution in [3.05, 3.63) is 47.0 Å². The van der Waals surface area contributed by atoms with Gasteiger partial charge in [0.05, 0.1) is 22.6 Å². The van der Waals surface area contributed by atoms with Crippen LogP contribution in [0.25, 0.3) is 5.69 Å². The Morgan fingerprint density at radius 3 is 2.30 bits per heavy atom. The zero-order valence-corrected chi connectivity index (χ0v) is 16.1. The van der Waals surface area contributed by atoms with Crippen LogP contribution in [0.5, 0.6) is 0 Å². The molecule has 2 heterocycles. The number of benzene rings is 1. The number of halogens is 1. The summed E-state index contributed by atoms with van der Waals surface area (Å²) in [5, 5.41) is 4.54. The Morgan fingerprint density at radius 2 is 1.67 bits per heavy atom. The van der Waals surface area contributed by atoms with Crippen LogP contribution in [0.3, 0.4) is 0 Å². The highest BCUT2D eigenvalue weighted by Crippen LogP contribution is 2.25. The Kier molecular flexibility index (Phi) is 5.00. The summed E-state index contributed by atoms with van der Waals surface area (Å²) in [6.07, 6.45) is 5.28. The molecule has 1 aliphatic carbocycles. The summed E-state index contributed by atoms with van der Waals surface area (Å²) in [5.74, 6) is -0.221. The molecule has 1 saturated carbocycles. The predicted octanol–water partition coefficient (Wildman–Crippen LogP) is 3.33. The molecule has 144 valence electrons. The van der Waals surface area contributed by atoms with Crippen LogP contribution >= 0.6 is 0 Å². The molecule has 0 N–H and O–H groups in total. The molecule has 1 aromatic heterocycles. The summed E-state index contributed by atoms with van der Waals surface area (Å²) in [5.41, 5.74) is 2.97. The van der Waals surface area contributed by atoms with E-state index in [1.54, 1.807) is 16.8 Å². The number of piperazine rings is 1. The molecule has 6 heteroatoms. The molecule has 1 aromatic carbocycles. The minimum absolute atomic E-state index is 0.0597. The van der Waals surface area contributed by atoms with Crippen LogP contribution in [0.2, 0.25) is 0 Å². The number of aromatic nitrogens is 2. The van der Waals surface area contributed by atoms with Crippen LogP contribution < -0.4 is 0 Å². The molecular formula is C21H27FN4O. The van der Waals surface area contributed by atoms with Gasteiger partial charge < -0.3 is 4.90 Å². The topological polar surface area (TPSA) is 41.4 Å². The fourth-order valence-electron chi connectivity index (χ4n) is 4.50. The standard InChI is InChI=1S/C21H27FN4O/c1-15-20(16(2)26(23-15)19-9-7-17(22)8-10-19)21(27)25-13-11-24(12-14-25)18-5-3-4-6-18/h7-10,18H,3-6,11-14H2,1-2H3. The van der Waals surface area contributed by atoms with Gasteiger partial charge in [0, 0.05) is 32.2 Å². The molecule has 0 atom stereocenters. The maximum absolute atomic E-state index is 13.2. The van der Waals surface area contributed by atoms with Crippen molar-refractivity contribution in [3.8, 4) is 5.69 Å². The maximum Gasteiger partial charge on any atom is 0.257 e. The van der Waals surface area contributed by atoms with Gasteiger partial charge in [0.2, 0.25) is 0 Å². The van der Waals surface area contributed by atoms with Crippen LogP contribution in [0, 0.1) is 19.7 Å². The highest BCUT2D eigenvalue weighted by Gasteiger charge is 2.30. The Labute approximate surface area is 159 Å². The molecule has 1 saturated heterocycles. The van der Waals surface area contributed by atoms with E-state index in [0.29, 0.717) is 11.6 Å². The number of carbonyl (C=O) groups is 1. The molecule has 5 nitrogen and oxygen atoms in total. The number of aryl methyl sites for hydroxylation is 1. The normalized spacial score (nSPS) is 19.0. The number of hydrogen-bond donors (Lipinski definition) is 0. The summed E-state index contributed by atoms with van der Waals surface area (Å²) >= 11 is 0. The molecule has 0 bridgehead atoms. The maximum atomic E-state index is 13.2. The van der Waals surface area contributed by atoms with E-state index in [-0.39, 0.29) is 11.7 Å². The van der Waals surface area contributed by atoms with E-state index in [2.05, 4.69) is 10.00 Å². The number of nitrogens with zero attached hydrogens (tertiary/aromatic N) is 4. The highest BCUT2D eigenvalue weighted by molar-refractivity contribution is 5.96. The minimum Gasteiger partial charge on any atom is -0.336 e. The molecule has 2 aromatic rings. The second-order valence-electron chi connectivity index (χ2n) is 7.70. The predicted molar refractivity (Wildman–Crippen MR) is 103 cm³/mol. The summed E-state index contributed by atoms with van der Waals surface area (Å²) in [6, 6.07) is 6.91. The van der Waals surface area contributed by atoms with Gasteiger partial charge in [-0.1, -0.05) is 12.8 Å². The van der Waals surface area contributed by atoms with Crippen LogP contribution in [-0.2, 0) is 0 Å². The van der Waals surface area contributed by atoms with Gasteiger partial charge in [-0.3, -0.25) is 9.69 Å². The summed E-state index contributed by atoms with van der Waals surface area (Å²) in [7, 11) is 0. The van der Waals surface area contributed by atoms with E-state index in [0.717, 1.165) is 43.3 Å². The van der Waals surface area contributed by atoms with Crippen molar-refractivity contribution in [2.75, 3.05) is 26.2 Å². The van der Waals surface area contributed by atoms with Crippen molar-refractivity contribution in [2.45, 2.75) is 45.6 Å². The lowest BCUT2D eigenvalue weighted by atomic mass is 10.1. The Hall–Kier alpha value is -2.21. The molecule has 0 radical (unpaired) electrons. The van der Waals surface area contributed by atoms with E-state index in [4.69, 9.17) is 0 Å². The van der Waals surface area contributed by atoms with Crippen molar-refractivity contribution >= 4 is 5.91 Å². The number of hydrogen-bond acceptors (Lipinski definition) is 3. The first-order chi connectivity index (χ1) is 13.0. The third-order valence-electron chi connectivity index (χ3n) is 6.02. The summed E-state index contributed by atoms with van der Waals surface area (Å²) in [4.78, 5) is 17.7. The Balaban J connectivity index is 1.50. The van der Waals surface area contributed by atoms with Crippen molar-refractivity contribution in [3.63, 3.8) is 0 Å². The monoisotopic (exact) mass is 370 g/mol. The van der Waals surface area contributed by atoms with Gasteiger partial charge >= 0.3 is 0 Å². The first-order valence-corrected chi connectivity index (χ1v) is 9.90. The van der Waals surface area contributed by atoms with Gasteiger partial charge in [0.1, 0.15) is 5.82 Å². The second kappa shape index (κ2) is 7.43. The van der Waals surface area contributed by atoms with Crippen LogP contribution in [-0.4, -0.2) is 57.7 Å². The molecule has 1 amide bonds. The lowest BCUT2D eigenvalue weighted by molar-refractivity contribution is 0.0572. The van der Waals surface area contributed by atoms with Crippen molar-refractivity contribution < 1.29 is 9.18 Å². The van der Waals surface area contributed by atoms with E-state index in [9.17, 15) is 9.18 Å². The Bertz CT molecular complexity index is 815. The lowest BCUT2D eigenvalue weighted by Gasteiger charge is -2.38. The average molecular weight is 370 g/mol. The first kappa shape index (κ1) is 18.2. The fourth-order valence-corrected chi connectivity index (χ4v) is 4.50. The largest absolute Gasteiger partial charge is 0.336 e. The van der Waals surface area contributed by atoms with E-state index in [1.165, 1.54) is 37.8 Å². The number of carbonyl (C=O) groups excluding carboxylic acids is 1. The molecule has 27 heavy (non-hydrogen) atoms. The zero-order valence-electron chi connectivity index (χ0n) is 16.1. The van der Waals surface area contributed by atoms with Crippen molar-refractivity contribution in [2.24, 2.45) is 0 Å². The zero-order chi connectivity index (χ0) is 19.0. The minimum atomic E-state index is -0.281. The summed E-state index contributed by atoms with van der Waals surface area (Å²) in [6.45, 7) is 7.24. The van der Waals surface area contributed by atoms with Crippen molar-refractivity contribution in [1.29, 1.82) is 0 Å². The molecule has 2 aliphatic rings. The van der Waals surface area contributed by atoms with Gasteiger partial charge in [-0.25, -0.2) is 9.07 Å². The molecule has 4 rings (SSSR count). The van der Waals surface area contributed by atoms with E-state index >= 15 is 0 Å². The first-order valence-electron chi connectivity index (χ1n) is 9.90. The molecule has 0 spiro atoms. The van der Waals surface area contributed by atoms with Crippen LogP contribution in [0.4, 0.5) is 4.39 Å². The lowest BCUT2D eigenvalue weighted by Crippen LogP contribution is -2.51. The van der Waals surface area contributed by atoms with E-state index in [1.807, 2.05) is 18.7 Å². The second-order valence-corrected chi connectivity index (χ2v) is 7.70. The number of rotatable bonds is 3. The average Bonchev–Trinajstić information content (AvgIpc) is 3.31. The van der Waals surface area contributed by atoms with Gasteiger partial charge in [0.25, 0.3) is 5.91 Å². The van der Waals surface area contributed by atoms with Crippen LogP contribution in [0.1, 0.15) is 47.4 Å². The molecule has 2 fully saturated rings. The molecular weight excluding hydrogens is 343 g/mol. The third kappa shape index (κ3) is 3.50. The summed E-state index contributed by atoms with van der Waals surface area (Å²) < 4.78 is 14.9. The molecule has 0 unspecified atom stereocenters. The Morgan fingerprint density at radius 1 is 1.04 bits per heavy atom. The highest BCUT2D eigenvalue weighted by atomic mass is 19.1. The quantitative estimate of drug-likeness (QED) is 0.832. The van der Waals surface area contributed by atoms with E-state index < -0.39 is 0 Å². The fraction of sp³-hybridized carbons (Fsp3) is 0.524. The van der Waals surface area contributed by atoms with Crippen molar-refractivity contribution in [1.82, 2.24) is 19.6 Å².